The number of benzene rings is 1. The van der Waals surface area contributed by atoms with Crippen molar-refractivity contribution in [3.63, 3.8) is 0 Å². The van der Waals surface area contributed by atoms with Crippen LogP contribution in [0.2, 0.25) is 0 Å². The average Bonchev–Trinajstić information content (AvgIpc) is 3.29. The number of nitrogens with zero attached hydrogens (tertiary/aromatic N) is 3. The summed E-state index contributed by atoms with van der Waals surface area (Å²) in [5.74, 6) is 1.05. The molecule has 0 bridgehead atoms. The van der Waals surface area contributed by atoms with E-state index in [9.17, 15) is 9.00 Å². The van der Waals surface area contributed by atoms with Crippen LogP contribution in [0.15, 0.2) is 57.2 Å². The number of anilines is 3. The van der Waals surface area contributed by atoms with Crippen molar-refractivity contribution in [1.82, 2.24) is 9.97 Å². The van der Waals surface area contributed by atoms with Crippen LogP contribution in [0.3, 0.4) is 0 Å². The molecule has 0 radical (unpaired) electrons. The average molecular weight is 476 g/mol. The Morgan fingerprint density at radius 2 is 2.06 bits per heavy atom. The summed E-state index contributed by atoms with van der Waals surface area (Å²) < 4.78 is 21.1. The van der Waals surface area contributed by atoms with Gasteiger partial charge < -0.3 is 20.5 Å². The molecule has 0 aliphatic rings. The van der Waals surface area contributed by atoms with Crippen LogP contribution in [0.1, 0.15) is 13.3 Å². The van der Waals surface area contributed by atoms with E-state index in [1.165, 1.54) is 6.26 Å². The molecule has 2 aromatic heterocycles. The minimum absolute atomic E-state index is 0.0902. The van der Waals surface area contributed by atoms with Crippen molar-refractivity contribution in [2.24, 2.45) is 4.36 Å². The second kappa shape index (κ2) is 11.0. The Bertz CT molecular complexity index is 1160. The highest BCUT2D eigenvalue weighted by atomic mass is 32.2. The maximum atomic E-state index is 12.7. The molecule has 1 aromatic carbocycles. The number of thiophene rings is 1. The van der Waals surface area contributed by atoms with Gasteiger partial charge in [0.2, 0.25) is 5.95 Å². The van der Waals surface area contributed by atoms with Gasteiger partial charge in [-0.1, -0.05) is 6.07 Å². The molecule has 9 nitrogen and oxygen atoms in total. The van der Waals surface area contributed by atoms with E-state index < -0.39 is 15.8 Å². The van der Waals surface area contributed by atoms with Crippen LogP contribution in [0, 0.1) is 0 Å². The highest BCUT2D eigenvalue weighted by Crippen LogP contribution is 2.31. The quantitative estimate of drug-likeness (QED) is 0.390. The maximum absolute atomic E-state index is 12.7. The monoisotopic (exact) mass is 475 g/mol. The van der Waals surface area contributed by atoms with E-state index >= 15 is 0 Å². The van der Waals surface area contributed by atoms with Gasteiger partial charge in [0.25, 0.3) is 0 Å². The van der Waals surface area contributed by atoms with Crippen molar-refractivity contribution in [3.05, 3.63) is 48.0 Å². The number of hydrogen-bond acceptors (Lipinski definition) is 9. The number of aromatic nitrogens is 2. The van der Waals surface area contributed by atoms with Crippen LogP contribution < -0.4 is 10.6 Å². The van der Waals surface area contributed by atoms with E-state index in [4.69, 9.17) is 9.84 Å². The van der Waals surface area contributed by atoms with Crippen molar-refractivity contribution >= 4 is 44.6 Å². The van der Waals surface area contributed by atoms with Gasteiger partial charge in [-0.2, -0.15) is 4.98 Å². The van der Waals surface area contributed by atoms with Gasteiger partial charge >= 0.3 is 6.09 Å². The molecule has 0 spiro atoms. The number of amides is 1. The summed E-state index contributed by atoms with van der Waals surface area (Å²) in [4.78, 5) is 22.0. The molecule has 0 aliphatic heterocycles. The van der Waals surface area contributed by atoms with E-state index in [0.717, 1.165) is 10.4 Å². The second-order valence-corrected chi connectivity index (χ2v) is 9.89. The molecule has 11 heteroatoms. The Morgan fingerprint density at radius 1 is 1.28 bits per heavy atom. The van der Waals surface area contributed by atoms with E-state index in [2.05, 4.69) is 25.0 Å². The SMILES string of the molecule is CCOC(=O)N=S(C)(=O)c1ccc(Nc2ncc(-c3cccs3)c(NCCCO)n2)cc1. The Hall–Kier alpha value is -3.02. The Morgan fingerprint density at radius 3 is 2.72 bits per heavy atom. The van der Waals surface area contributed by atoms with Crippen molar-refractivity contribution in [3.8, 4) is 10.4 Å². The third-order valence-corrected chi connectivity index (χ3v) is 6.81. The highest BCUT2D eigenvalue weighted by Gasteiger charge is 2.12. The molecule has 32 heavy (non-hydrogen) atoms. The summed E-state index contributed by atoms with van der Waals surface area (Å²) in [6.45, 7) is 2.50. The summed E-state index contributed by atoms with van der Waals surface area (Å²) >= 11 is 1.59. The van der Waals surface area contributed by atoms with Gasteiger partial charge in [0, 0.05) is 41.1 Å². The van der Waals surface area contributed by atoms with E-state index in [1.807, 2.05) is 17.5 Å². The normalized spacial score (nSPS) is 12.6. The summed E-state index contributed by atoms with van der Waals surface area (Å²) in [6.07, 6.45) is 2.89. The van der Waals surface area contributed by atoms with Crippen molar-refractivity contribution in [2.45, 2.75) is 18.2 Å². The van der Waals surface area contributed by atoms with Gasteiger partial charge in [-0.25, -0.2) is 14.0 Å². The number of carbonyl (C=O) groups excluding carboxylic acids is 1. The van der Waals surface area contributed by atoms with Gasteiger partial charge in [-0.3, -0.25) is 0 Å². The van der Waals surface area contributed by atoms with E-state index in [1.54, 1.807) is 48.7 Å². The summed E-state index contributed by atoms with van der Waals surface area (Å²) in [7, 11) is -2.91. The van der Waals surface area contributed by atoms with Gasteiger partial charge in [-0.15, -0.1) is 15.7 Å². The molecule has 3 N–H and O–H groups in total. The molecule has 3 rings (SSSR count). The minimum atomic E-state index is -2.91. The molecular weight excluding hydrogens is 450 g/mol. The Labute approximate surface area is 191 Å². The summed E-state index contributed by atoms with van der Waals surface area (Å²) in [5, 5.41) is 17.4. The molecule has 0 saturated heterocycles. The topological polar surface area (TPSA) is 126 Å². The predicted octanol–water partition coefficient (Wildman–Crippen LogP) is 4.36. The third kappa shape index (κ3) is 6.25. The second-order valence-electron chi connectivity index (χ2n) is 6.68. The maximum Gasteiger partial charge on any atom is 0.442 e. The van der Waals surface area contributed by atoms with Crippen LogP contribution in [-0.4, -0.2) is 51.4 Å². The number of nitrogens with one attached hydrogen (secondary N) is 2. The smallest absolute Gasteiger partial charge is 0.442 e. The molecule has 170 valence electrons. The minimum Gasteiger partial charge on any atom is -0.448 e. The van der Waals surface area contributed by atoms with Gasteiger partial charge in [0.1, 0.15) is 5.82 Å². The first-order valence-electron chi connectivity index (χ1n) is 9.94. The van der Waals surface area contributed by atoms with Crippen molar-refractivity contribution < 1.29 is 18.8 Å². The van der Waals surface area contributed by atoms with Crippen LogP contribution >= 0.6 is 11.3 Å². The predicted molar refractivity (Wildman–Crippen MR) is 127 cm³/mol. The van der Waals surface area contributed by atoms with Crippen LogP contribution in [0.5, 0.6) is 0 Å². The molecule has 0 saturated carbocycles. The van der Waals surface area contributed by atoms with Crippen LogP contribution in [-0.2, 0) is 14.5 Å². The number of rotatable bonds is 9. The Kier molecular flexibility index (Phi) is 8.14. The molecule has 3 aromatic rings. The van der Waals surface area contributed by atoms with Crippen LogP contribution in [0.4, 0.5) is 22.2 Å². The van der Waals surface area contributed by atoms with Crippen LogP contribution in [0.25, 0.3) is 10.4 Å². The fourth-order valence-corrected chi connectivity index (χ4v) is 4.56. The van der Waals surface area contributed by atoms with Gasteiger partial charge in [0.15, 0.2) is 0 Å². The summed E-state index contributed by atoms with van der Waals surface area (Å²) in [5.41, 5.74) is 1.57. The fourth-order valence-electron chi connectivity index (χ4n) is 2.74. The van der Waals surface area contributed by atoms with Crippen molar-refractivity contribution in [2.75, 3.05) is 36.6 Å². The van der Waals surface area contributed by atoms with Gasteiger partial charge in [0.05, 0.1) is 21.9 Å². The number of carbonyl (C=O) groups is 1. The number of hydrogen-bond donors (Lipinski definition) is 3. The number of aliphatic hydroxyl groups excluding tert-OH is 1. The molecule has 2 heterocycles. The zero-order valence-electron chi connectivity index (χ0n) is 17.8. The first-order valence-corrected chi connectivity index (χ1v) is 12.7. The summed E-state index contributed by atoms with van der Waals surface area (Å²) in [6, 6.07) is 10.7. The lowest BCUT2D eigenvalue weighted by Gasteiger charge is -2.12. The first kappa shape index (κ1) is 23.6. The molecule has 1 amide bonds. The lowest BCUT2D eigenvalue weighted by molar-refractivity contribution is 0.164. The lowest BCUT2D eigenvalue weighted by atomic mass is 10.2. The third-order valence-electron chi connectivity index (χ3n) is 4.27. The lowest BCUT2D eigenvalue weighted by Crippen LogP contribution is -2.08. The zero-order chi connectivity index (χ0) is 23.0. The number of aliphatic hydroxyl groups is 1. The molecular formula is C21H25N5O4S2. The van der Waals surface area contributed by atoms with Crippen molar-refractivity contribution in [1.29, 1.82) is 0 Å². The molecule has 0 fully saturated rings. The molecule has 1 unspecified atom stereocenters. The van der Waals surface area contributed by atoms with Gasteiger partial charge in [-0.05, 0) is 49.1 Å². The Balaban J connectivity index is 1.80. The first-order chi connectivity index (χ1) is 15.4. The highest BCUT2D eigenvalue weighted by molar-refractivity contribution is 7.93. The fraction of sp³-hybridized carbons (Fsp3) is 0.286. The molecule has 0 aliphatic carbocycles. The molecule has 1 atom stereocenters. The van der Waals surface area contributed by atoms with E-state index in [0.29, 0.717) is 35.3 Å². The number of ether oxygens (including phenoxy) is 1. The zero-order valence-corrected chi connectivity index (χ0v) is 19.4. The van der Waals surface area contributed by atoms with E-state index in [-0.39, 0.29) is 13.2 Å². The largest absolute Gasteiger partial charge is 0.448 e. The standard InChI is InChI=1S/C21H25N5O4S2/c1-3-30-21(28)26-32(2,29)16-9-7-15(8-10-16)24-20-23-14-17(18-6-4-13-31-18)19(25-20)22-11-5-12-27/h4,6-10,13-14,27H,3,5,11-12H2,1-2H3,(H2,22,23,24,25).